The molecule has 0 aromatic rings. The van der Waals surface area contributed by atoms with Gasteiger partial charge >= 0.3 is 0 Å². The van der Waals surface area contributed by atoms with E-state index in [2.05, 4.69) is 43.9 Å². The molecule has 4 atom stereocenters. The Morgan fingerprint density at radius 1 is 0.133 bits per heavy atom. The van der Waals surface area contributed by atoms with Crippen molar-refractivity contribution in [3.05, 3.63) is 24.3 Å². The molecule has 14 fully saturated rings. The van der Waals surface area contributed by atoms with Crippen molar-refractivity contribution in [3.8, 4) is 0 Å². The molecule has 4 nitrogen and oxygen atoms in total. The maximum atomic E-state index is 3.32. The van der Waals surface area contributed by atoms with Crippen molar-refractivity contribution in [2.24, 2.45) is 59.2 Å². The number of allylic oxidation sites excluding steroid dienone is 4. The number of nitrogens with zero attached hydrogens (tertiary/aromatic N) is 4. The van der Waals surface area contributed by atoms with Gasteiger partial charge in [-0.25, -0.2) is 0 Å². The summed E-state index contributed by atoms with van der Waals surface area (Å²) in [6, 6.07) is 10.7. The summed E-state index contributed by atoms with van der Waals surface area (Å²) in [5, 5.41) is 0. The molecule has 14 aliphatic rings. The fourth-order valence-corrected chi connectivity index (χ4v) is 26.7. The third-order valence-electron chi connectivity index (χ3n) is 31.3. The summed E-state index contributed by atoms with van der Waals surface area (Å²) >= 11 is 0. The van der Waals surface area contributed by atoms with Gasteiger partial charge in [0.15, 0.2) is 0 Å². The Labute approximate surface area is 557 Å². The molecule has 0 heterocycles. The van der Waals surface area contributed by atoms with Crippen molar-refractivity contribution in [2.75, 3.05) is 0 Å². The Kier molecular flexibility index (Phi) is 24.9. The van der Waals surface area contributed by atoms with Gasteiger partial charge in [-0.1, -0.05) is 153 Å². The first-order valence-corrected chi connectivity index (χ1v) is 43.1. The van der Waals surface area contributed by atoms with Crippen LogP contribution in [0.25, 0.3) is 0 Å². The molecule has 14 saturated carbocycles. The van der Waals surface area contributed by atoms with E-state index in [0.717, 1.165) is 132 Å². The first-order valence-electron chi connectivity index (χ1n) is 43.1. The van der Waals surface area contributed by atoms with Gasteiger partial charge in [0.25, 0.3) is 0 Å². The molecule has 0 radical (unpaired) electrons. The second-order valence-electron chi connectivity index (χ2n) is 36.2. The monoisotopic (exact) mass is 1240 g/mol. The fraction of sp³-hybridized carbons (Fsp3) is 0.953. The van der Waals surface area contributed by atoms with E-state index in [1.807, 2.05) is 0 Å². The molecule has 14 rings (SSSR count). The van der Waals surface area contributed by atoms with E-state index in [0.29, 0.717) is 0 Å². The van der Waals surface area contributed by atoms with Gasteiger partial charge in [0.2, 0.25) is 0 Å². The van der Waals surface area contributed by atoms with Crippen molar-refractivity contribution in [2.45, 2.75) is 458 Å². The fourth-order valence-electron chi connectivity index (χ4n) is 26.7. The second kappa shape index (κ2) is 33.7. The first-order chi connectivity index (χ1) is 44.6. The molecule has 510 valence electrons. The van der Waals surface area contributed by atoms with Crippen LogP contribution >= 0.6 is 0 Å². The summed E-state index contributed by atoms with van der Waals surface area (Å²) in [5.74, 6) is 9.76. The van der Waals surface area contributed by atoms with Gasteiger partial charge in [-0.15, -0.1) is 0 Å². The van der Waals surface area contributed by atoms with E-state index in [4.69, 9.17) is 0 Å². The molecular formula is C86H146N4. The third-order valence-corrected chi connectivity index (χ3v) is 31.3. The van der Waals surface area contributed by atoms with Gasteiger partial charge in [-0.3, -0.25) is 19.6 Å². The molecule has 0 amide bonds. The van der Waals surface area contributed by atoms with Crippen LogP contribution in [0.15, 0.2) is 24.3 Å². The molecular weight excluding hydrogens is 1090 g/mol. The van der Waals surface area contributed by atoms with Crippen LogP contribution in [-0.2, 0) is 0 Å². The molecule has 4 unspecified atom stereocenters. The smallest absolute Gasteiger partial charge is 0.0102 e. The maximum absolute atomic E-state index is 3.32. The van der Waals surface area contributed by atoms with Crippen molar-refractivity contribution in [3.63, 3.8) is 0 Å². The zero-order valence-electron chi connectivity index (χ0n) is 59.2. The van der Waals surface area contributed by atoms with E-state index < -0.39 is 0 Å². The van der Waals surface area contributed by atoms with Crippen LogP contribution in [0.1, 0.15) is 385 Å². The number of hydrogen-bond acceptors (Lipinski definition) is 4. The minimum atomic E-state index is 0.851. The Bertz CT molecular complexity index is 1880. The Morgan fingerprint density at radius 3 is 0.500 bits per heavy atom. The van der Waals surface area contributed by atoms with Gasteiger partial charge < -0.3 is 0 Å². The SMILES string of the molecule is C(=CC1CCC(N(C2CCCCC2)C2CCC(C3CCC(C4CCC(N(C5CCCCC5)C5CCC(C=CC6CCC(N(C7CCCCC7)C7CCCCC7)CC6)CC5)CC4)C4CCCCC34)CC2)CC1)C1CCC(N(C2CCCCC2)C2CCCCC2)CC1. The Morgan fingerprint density at radius 2 is 0.300 bits per heavy atom. The lowest BCUT2D eigenvalue weighted by molar-refractivity contribution is -0.0427. The predicted octanol–water partition coefficient (Wildman–Crippen LogP) is 23.5. The van der Waals surface area contributed by atoms with Crippen molar-refractivity contribution in [1.29, 1.82) is 0 Å². The summed E-state index contributed by atoms with van der Waals surface area (Å²) in [6.45, 7) is 0. The van der Waals surface area contributed by atoms with Gasteiger partial charge in [0.05, 0.1) is 0 Å². The molecule has 0 aromatic carbocycles. The van der Waals surface area contributed by atoms with Crippen molar-refractivity contribution < 1.29 is 0 Å². The van der Waals surface area contributed by atoms with E-state index >= 15 is 0 Å². The lowest BCUT2D eigenvalue weighted by Crippen LogP contribution is -2.53. The summed E-state index contributed by atoms with van der Waals surface area (Å²) in [7, 11) is 0. The van der Waals surface area contributed by atoms with Gasteiger partial charge in [0.1, 0.15) is 0 Å². The van der Waals surface area contributed by atoms with Crippen LogP contribution < -0.4 is 0 Å². The van der Waals surface area contributed by atoms with Crippen molar-refractivity contribution in [1.82, 2.24) is 19.6 Å². The Balaban J connectivity index is 0.534. The molecule has 0 N–H and O–H groups in total. The molecule has 14 aliphatic carbocycles. The zero-order valence-corrected chi connectivity index (χ0v) is 59.2. The molecule has 0 aromatic heterocycles. The number of rotatable bonds is 18. The molecule has 0 aliphatic heterocycles. The van der Waals surface area contributed by atoms with E-state index in [1.54, 1.807) is 89.9 Å². The quantitative estimate of drug-likeness (QED) is 0.127. The van der Waals surface area contributed by atoms with Crippen LogP contribution in [0.4, 0.5) is 0 Å². The van der Waals surface area contributed by atoms with Gasteiger partial charge in [-0.2, -0.15) is 0 Å². The summed E-state index contributed by atoms with van der Waals surface area (Å²) in [4.78, 5) is 13.0. The molecule has 90 heavy (non-hydrogen) atoms. The van der Waals surface area contributed by atoms with Gasteiger partial charge in [-0.05, 0) is 316 Å². The topological polar surface area (TPSA) is 13.0 Å². The average Bonchev–Trinajstić information content (AvgIpc) is 1.20. The molecule has 0 saturated heterocycles. The standard InChI is InChI=1S/C86H146N4/c1-7-21-71(22-8-1)87(72-23-9-2-10-24-72)77-51-39-65(40-52-77)35-37-67-43-55-79(56-44-67)89(75-29-15-5-16-30-75)81-59-47-69(48-60-81)83-63-64-84(86-34-20-19-33-85(83)86)70-49-61-82(62-50-70)90(76-31-17-6-18-32-76)80-57-45-68(46-58-80)38-36-66-41-53-78(54-42-66)88(73-25-11-3-12-26-73)74-27-13-4-14-28-74/h35-38,65-86H,1-34,39-64H2. The largest absolute Gasteiger partial charge is 0.294 e. The normalized spacial score (nSPS) is 40.7. The number of hydrogen-bond donors (Lipinski definition) is 0. The van der Waals surface area contributed by atoms with Crippen LogP contribution in [0.3, 0.4) is 0 Å². The molecule has 0 bridgehead atoms. The highest BCUT2D eigenvalue weighted by molar-refractivity contribution is 5.05. The third kappa shape index (κ3) is 16.7. The number of fused-ring (bicyclic) bond motifs is 1. The molecule has 0 spiro atoms. The Hall–Kier alpha value is -0.680. The lowest BCUT2D eigenvalue weighted by atomic mass is 9.53. The van der Waals surface area contributed by atoms with Crippen molar-refractivity contribution >= 4 is 0 Å². The zero-order chi connectivity index (χ0) is 60.3. The van der Waals surface area contributed by atoms with Crippen LogP contribution in [0, 0.1) is 59.2 Å². The highest BCUT2D eigenvalue weighted by Crippen LogP contribution is 2.56. The van der Waals surface area contributed by atoms with E-state index in [-0.39, 0.29) is 0 Å². The minimum absolute atomic E-state index is 0.851. The summed E-state index contributed by atoms with van der Waals surface area (Å²) in [5.41, 5.74) is 0. The van der Waals surface area contributed by atoms with E-state index in [9.17, 15) is 0 Å². The molecule has 4 heteroatoms. The predicted molar refractivity (Wildman–Crippen MR) is 383 cm³/mol. The van der Waals surface area contributed by atoms with Crippen LogP contribution in [0.2, 0.25) is 0 Å². The average molecular weight is 1240 g/mol. The summed E-state index contributed by atoms with van der Waals surface area (Å²) in [6.07, 6.45) is 102. The maximum Gasteiger partial charge on any atom is 0.0102 e. The lowest BCUT2D eigenvalue weighted by Gasteiger charge is -2.54. The summed E-state index contributed by atoms with van der Waals surface area (Å²) < 4.78 is 0. The van der Waals surface area contributed by atoms with Gasteiger partial charge in [0, 0.05) is 72.5 Å². The van der Waals surface area contributed by atoms with Crippen LogP contribution in [-0.4, -0.2) is 92.1 Å². The van der Waals surface area contributed by atoms with Crippen LogP contribution in [0.5, 0.6) is 0 Å². The highest BCUT2D eigenvalue weighted by atomic mass is 15.2. The highest BCUT2D eigenvalue weighted by Gasteiger charge is 2.49. The second-order valence-corrected chi connectivity index (χ2v) is 36.2. The minimum Gasteiger partial charge on any atom is -0.294 e. The first kappa shape index (κ1) is 66.5. The van der Waals surface area contributed by atoms with E-state index in [1.165, 1.54) is 295 Å².